The van der Waals surface area contributed by atoms with Crippen LogP contribution in [0.5, 0.6) is 0 Å². The van der Waals surface area contributed by atoms with Crippen LogP contribution in [0.1, 0.15) is 18.1 Å². The summed E-state index contributed by atoms with van der Waals surface area (Å²) in [6.45, 7) is 0.887. The van der Waals surface area contributed by atoms with Crippen molar-refractivity contribution in [3.63, 3.8) is 0 Å². The molecule has 0 aromatic heterocycles. The van der Waals surface area contributed by atoms with E-state index in [9.17, 15) is 13.2 Å². The molecule has 5 heteroatoms. The first-order chi connectivity index (χ1) is 7.63. The van der Waals surface area contributed by atoms with Crippen LogP contribution in [0.25, 0.3) is 0 Å². The zero-order valence-electron chi connectivity index (χ0n) is 8.55. The zero-order chi connectivity index (χ0) is 11.7. The van der Waals surface area contributed by atoms with Crippen molar-refractivity contribution >= 4 is 0 Å². The normalized spacial score (nSPS) is 25.0. The fraction of sp³-hybridized carbons (Fsp3) is 0.455. The van der Waals surface area contributed by atoms with Gasteiger partial charge in [0.15, 0.2) is 17.5 Å². The topological polar surface area (TPSA) is 35.2 Å². The van der Waals surface area contributed by atoms with Gasteiger partial charge in [0.1, 0.15) is 0 Å². The lowest BCUT2D eigenvalue weighted by molar-refractivity contribution is 0.0917. The lowest BCUT2D eigenvalue weighted by atomic mass is 9.95. The van der Waals surface area contributed by atoms with Crippen LogP contribution < -0.4 is 5.73 Å². The summed E-state index contributed by atoms with van der Waals surface area (Å²) in [6, 6.07) is 1.94. The maximum absolute atomic E-state index is 13.0. The molecular formula is C11H12F3NO. The molecule has 1 fully saturated rings. The van der Waals surface area contributed by atoms with E-state index in [4.69, 9.17) is 10.5 Å². The summed E-state index contributed by atoms with van der Waals surface area (Å²) >= 11 is 0. The van der Waals surface area contributed by atoms with Gasteiger partial charge < -0.3 is 10.5 Å². The highest BCUT2D eigenvalue weighted by Crippen LogP contribution is 2.34. The predicted octanol–water partition coefficient (Wildman–Crippen LogP) is 2.14. The zero-order valence-corrected chi connectivity index (χ0v) is 8.55. The first-order valence-electron chi connectivity index (χ1n) is 5.09. The Balaban J connectivity index is 2.33. The van der Waals surface area contributed by atoms with E-state index in [0.29, 0.717) is 18.7 Å². The minimum Gasteiger partial charge on any atom is -0.373 e. The van der Waals surface area contributed by atoms with E-state index >= 15 is 0 Å². The molecule has 0 bridgehead atoms. The van der Waals surface area contributed by atoms with Crippen molar-refractivity contribution in [2.45, 2.75) is 12.5 Å². The van der Waals surface area contributed by atoms with Crippen LogP contribution in [0.15, 0.2) is 12.1 Å². The summed E-state index contributed by atoms with van der Waals surface area (Å²) in [7, 11) is 0. The maximum atomic E-state index is 13.0. The van der Waals surface area contributed by atoms with Gasteiger partial charge >= 0.3 is 0 Å². The minimum absolute atomic E-state index is 0.0317. The first-order valence-corrected chi connectivity index (χ1v) is 5.09. The Bertz CT molecular complexity index is 374. The van der Waals surface area contributed by atoms with E-state index in [2.05, 4.69) is 0 Å². The molecule has 2 unspecified atom stereocenters. The molecular weight excluding hydrogens is 219 g/mol. The number of hydrogen-bond donors (Lipinski definition) is 1. The van der Waals surface area contributed by atoms with Crippen LogP contribution in [-0.2, 0) is 4.74 Å². The molecule has 2 rings (SSSR count). The maximum Gasteiger partial charge on any atom is 0.194 e. The van der Waals surface area contributed by atoms with Crippen molar-refractivity contribution in [2.75, 3.05) is 13.2 Å². The Labute approximate surface area is 91.2 Å². The van der Waals surface area contributed by atoms with Crippen LogP contribution in [0.4, 0.5) is 13.2 Å². The fourth-order valence-corrected chi connectivity index (χ4v) is 1.98. The Morgan fingerprint density at radius 2 is 1.88 bits per heavy atom. The second-order valence-corrected chi connectivity index (χ2v) is 3.87. The molecule has 1 saturated heterocycles. The highest BCUT2D eigenvalue weighted by molar-refractivity contribution is 5.23. The number of ether oxygens (including phenoxy) is 1. The largest absolute Gasteiger partial charge is 0.373 e. The quantitative estimate of drug-likeness (QED) is 0.791. The third-order valence-electron chi connectivity index (χ3n) is 2.85. The summed E-state index contributed by atoms with van der Waals surface area (Å²) in [6.07, 6.45) is 0.316. The molecule has 0 aliphatic carbocycles. The summed E-state index contributed by atoms with van der Waals surface area (Å²) in [5.74, 6) is -3.81. The number of rotatable bonds is 2. The molecule has 0 amide bonds. The first kappa shape index (κ1) is 11.4. The van der Waals surface area contributed by atoms with Gasteiger partial charge in [-0.25, -0.2) is 13.2 Å². The van der Waals surface area contributed by atoms with E-state index in [1.54, 1.807) is 0 Å². The minimum atomic E-state index is -1.45. The SMILES string of the molecule is NCC1CCOC1c1cc(F)c(F)c(F)c1. The second kappa shape index (κ2) is 4.43. The molecule has 0 radical (unpaired) electrons. The van der Waals surface area contributed by atoms with Crippen molar-refractivity contribution in [3.8, 4) is 0 Å². The summed E-state index contributed by atoms with van der Waals surface area (Å²) in [5, 5.41) is 0. The lowest BCUT2D eigenvalue weighted by Crippen LogP contribution is -2.18. The van der Waals surface area contributed by atoms with E-state index in [-0.39, 0.29) is 5.92 Å². The third kappa shape index (κ3) is 1.92. The standard InChI is InChI=1S/C11H12F3NO/c12-8-3-7(4-9(13)10(8)14)11-6(5-15)1-2-16-11/h3-4,6,11H,1-2,5,15H2. The van der Waals surface area contributed by atoms with Gasteiger partial charge in [-0.15, -0.1) is 0 Å². The van der Waals surface area contributed by atoms with Crippen molar-refractivity contribution in [1.29, 1.82) is 0 Å². The Kier molecular flexibility index (Phi) is 3.16. The molecule has 2 atom stereocenters. The fourth-order valence-electron chi connectivity index (χ4n) is 1.98. The summed E-state index contributed by atoms with van der Waals surface area (Å²) in [4.78, 5) is 0. The molecule has 16 heavy (non-hydrogen) atoms. The molecule has 2 nitrogen and oxygen atoms in total. The van der Waals surface area contributed by atoms with Gasteiger partial charge in [-0.05, 0) is 30.7 Å². The molecule has 0 saturated carbocycles. The van der Waals surface area contributed by atoms with E-state index < -0.39 is 23.6 Å². The van der Waals surface area contributed by atoms with Crippen LogP contribution in [-0.4, -0.2) is 13.2 Å². The van der Waals surface area contributed by atoms with Gasteiger partial charge in [0.2, 0.25) is 0 Å². The lowest BCUT2D eigenvalue weighted by Gasteiger charge is -2.17. The van der Waals surface area contributed by atoms with Gasteiger partial charge in [-0.3, -0.25) is 0 Å². The number of halogens is 3. The Hall–Kier alpha value is -1.07. The number of benzene rings is 1. The van der Waals surface area contributed by atoms with Gasteiger partial charge in [0, 0.05) is 12.5 Å². The summed E-state index contributed by atoms with van der Waals surface area (Å²) < 4.78 is 44.2. The second-order valence-electron chi connectivity index (χ2n) is 3.87. The van der Waals surface area contributed by atoms with Gasteiger partial charge in [-0.1, -0.05) is 0 Å². The molecule has 1 heterocycles. The average Bonchev–Trinajstić information content (AvgIpc) is 2.73. The monoisotopic (exact) mass is 231 g/mol. The van der Waals surface area contributed by atoms with E-state index in [0.717, 1.165) is 18.6 Å². The average molecular weight is 231 g/mol. The smallest absolute Gasteiger partial charge is 0.194 e. The van der Waals surface area contributed by atoms with Crippen molar-refractivity contribution < 1.29 is 17.9 Å². The number of hydrogen-bond acceptors (Lipinski definition) is 2. The molecule has 1 aliphatic rings. The molecule has 1 aromatic rings. The van der Waals surface area contributed by atoms with Crippen LogP contribution >= 0.6 is 0 Å². The highest BCUT2D eigenvalue weighted by Gasteiger charge is 2.29. The number of nitrogens with two attached hydrogens (primary N) is 1. The third-order valence-corrected chi connectivity index (χ3v) is 2.85. The van der Waals surface area contributed by atoms with Crippen LogP contribution in [0, 0.1) is 23.4 Å². The van der Waals surface area contributed by atoms with Crippen LogP contribution in [0.2, 0.25) is 0 Å². The van der Waals surface area contributed by atoms with Gasteiger partial charge in [-0.2, -0.15) is 0 Å². The van der Waals surface area contributed by atoms with Crippen LogP contribution in [0.3, 0.4) is 0 Å². The molecule has 1 aliphatic heterocycles. The van der Waals surface area contributed by atoms with Gasteiger partial charge in [0.25, 0.3) is 0 Å². The van der Waals surface area contributed by atoms with Gasteiger partial charge in [0.05, 0.1) is 6.10 Å². The Morgan fingerprint density at radius 3 is 2.44 bits per heavy atom. The molecule has 88 valence electrons. The van der Waals surface area contributed by atoms with E-state index in [1.165, 1.54) is 0 Å². The highest BCUT2D eigenvalue weighted by atomic mass is 19.2. The molecule has 1 aromatic carbocycles. The predicted molar refractivity (Wildman–Crippen MR) is 52.2 cm³/mol. The van der Waals surface area contributed by atoms with Crippen molar-refractivity contribution in [1.82, 2.24) is 0 Å². The Morgan fingerprint density at radius 1 is 1.25 bits per heavy atom. The van der Waals surface area contributed by atoms with Crippen molar-refractivity contribution in [2.24, 2.45) is 11.7 Å². The molecule has 2 N–H and O–H groups in total. The van der Waals surface area contributed by atoms with Crippen molar-refractivity contribution in [3.05, 3.63) is 35.1 Å². The molecule has 0 spiro atoms. The summed E-state index contributed by atoms with van der Waals surface area (Å²) in [5.41, 5.74) is 5.84. The van der Waals surface area contributed by atoms with E-state index in [1.807, 2.05) is 0 Å².